The number of alkyl carbamates (subject to hydrolysis) is 1. The van der Waals surface area contributed by atoms with Gasteiger partial charge in [0, 0.05) is 12.1 Å². The zero-order chi connectivity index (χ0) is 13.0. The van der Waals surface area contributed by atoms with Crippen molar-refractivity contribution in [1.29, 1.82) is 0 Å². The molecule has 2 rings (SSSR count). The Morgan fingerprint density at radius 3 is 3.11 bits per heavy atom. The Bertz CT molecular complexity index is 439. The molecule has 1 aliphatic rings. The third-order valence-electron chi connectivity index (χ3n) is 2.56. The first-order chi connectivity index (χ1) is 8.69. The van der Waals surface area contributed by atoms with Gasteiger partial charge < -0.3 is 20.1 Å². The van der Waals surface area contributed by atoms with E-state index in [0.29, 0.717) is 18.8 Å². The highest BCUT2D eigenvalue weighted by atomic mass is 19.1. The van der Waals surface area contributed by atoms with Crippen molar-refractivity contribution >= 4 is 6.09 Å². The van der Waals surface area contributed by atoms with Crippen molar-refractivity contribution in [3.63, 3.8) is 0 Å². The lowest BCUT2D eigenvalue weighted by Gasteiger charge is -2.13. The minimum absolute atomic E-state index is 0.251. The molecule has 1 unspecified atom stereocenters. The lowest BCUT2D eigenvalue weighted by molar-refractivity contribution is 0.104. The molecule has 0 radical (unpaired) electrons. The van der Waals surface area contributed by atoms with Crippen LogP contribution in [0.4, 0.5) is 9.18 Å². The molecule has 1 aromatic rings. The van der Waals surface area contributed by atoms with Gasteiger partial charge in [-0.3, -0.25) is 0 Å². The molecule has 0 bridgehead atoms. The fourth-order valence-corrected chi connectivity index (χ4v) is 1.72. The van der Waals surface area contributed by atoms with E-state index in [2.05, 4.69) is 10.6 Å². The van der Waals surface area contributed by atoms with Gasteiger partial charge in [-0.2, -0.15) is 0 Å². The average molecular weight is 254 g/mol. The number of halogens is 1. The first-order valence-electron chi connectivity index (χ1n) is 5.69. The second-order valence-electron chi connectivity index (χ2n) is 4.00. The molecule has 0 spiro atoms. The first kappa shape index (κ1) is 12.6. The van der Waals surface area contributed by atoms with E-state index in [-0.39, 0.29) is 18.5 Å². The second-order valence-corrected chi connectivity index (χ2v) is 4.00. The van der Waals surface area contributed by atoms with Crippen LogP contribution in [0.5, 0.6) is 5.75 Å². The fourth-order valence-electron chi connectivity index (χ4n) is 1.72. The highest BCUT2D eigenvalue weighted by molar-refractivity contribution is 5.69. The molecule has 1 amide bonds. The van der Waals surface area contributed by atoms with Crippen LogP contribution in [-0.2, 0) is 11.3 Å². The van der Waals surface area contributed by atoms with Gasteiger partial charge in [-0.1, -0.05) is 0 Å². The molecular formula is C12H15FN2O3. The quantitative estimate of drug-likeness (QED) is 0.824. The number of ether oxygens (including phenoxy) is 2. The molecule has 6 heteroatoms. The van der Waals surface area contributed by atoms with Crippen LogP contribution in [-0.4, -0.2) is 32.4 Å². The highest BCUT2D eigenvalue weighted by Crippen LogP contribution is 2.20. The molecule has 5 nitrogen and oxygen atoms in total. The van der Waals surface area contributed by atoms with Gasteiger partial charge in [-0.25, -0.2) is 9.18 Å². The van der Waals surface area contributed by atoms with Crippen molar-refractivity contribution in [2.45, 2.75) is 12.6 Å². The van der Waals surface area contributed by atoms with Crippen LogP contribution in [0.1, 0.15) is 5.56 Å². The van der Waals surface area contributed by atoms with Crippen LogP contribution in [0.25, 0.3) is 0 Å². The maximum absolute atomic E-state index is 13.1. The molecule has 0 aliphatic carbocycles. The Labute approximate surface area is 104 Å². The van der Waals surface area contributed by atoms with Gasteiger partial charge in [0.2, 0.25) is 0 Å². The number of hydrogen-bond acceptors (Lipinski definition) is 4. The third kappa shape index (κ3) is 3.10. The summed E-state index contributed by atoms with van der Waals surface area (Å²) in [6.07, 6.45) is -0.733. The van der Waals surface area contributed by atoms with Crippen molar-refractivity contribution in [3.8, 4) is 5.75 Å². The minimum atomic E-state index is -0.432. The number of benzene rings is 1. The number of amides is 1. The monoisotopic (exact) mass is 254 g/mol. The first-order valence-corrected chi connectivity index (χ1v) is 5.69. The average Bonchev–Trinajstić information content (AvgIpc) is 2.75. The van der Waals surface area contributed by atoms with Gasteiger partial charge in [-0.15, -0.1) is 0 Å². The third-order valence-corrected chi connectivity index (χ3v) is 2.56. The van der Waals surface area contributed by atoms with Crippen LogP contribution in [0.15, 0.2) is 18.2 Å². The van der Waals surface area contributed by atoms with E-state index >= 15 is 0 Å². The largest absolute Gasteiger partial charge is 0.489 e. The van der Waals surface area contributed by atoms with E-state index in [4.69, 9.17) is 9.47 Å². The number of cyclic esters (lactones) is 1. The van der Waals surface area contributed by atoms with E-state index in [0.717, 1.165) is 5.56 Å². The smallest absolute Gasteiger partial charge is 0.407 e. The highest BCUT2D eigenvalue weighted by Gasteiger charge is 2.23. The summed E-state index contributed by atoms with van der Waals surface area (Å²) in [5.41, 5.74) is 0.731. The summed E-state index contributed by atoms with van der Waals surface area (Å²) in [7, 11) is 1.78. The molecule has 1 heterocycles. The molecule has 0 saturated carbocycles. The van der Waals surface area contributed by atoms with Crippen LogP contribution in [0.2, 0.25) is 0 Å². The number of carbonyl (C=O) groups excluding carboxylic acids is 1. The molecule has 98 valence electrons. The zero-order valence-electron chi connectivity index (χ0n) is 10.0. The summed E-state index contributed by atoms with van der Waals surface area (Å²) in [5.74, 6) is 0.287. The lowest BCUT2D eigenvalue weighted by atomic mass is 10.2. The van der Waals surface area contributed by atoms with Gasteiger partial charge in [0.25, 0.3) is 0 Å². The summed E-state index contributed by atoms with van der Waals surface area (Å²) < 4.78 is 23.6. The van der Waals surface area contributed by atoms with Crippen LogP contribution >= 0.6 is 0 Å². The van der Waals surface area contributed by atoms with E-state index in [9.17, 15) is 9.18 Å². The molecular weight excluding hydrogens is 239 g/mol. The van der Waals surface area contributed by atoms with Gasteiger partial charge in [0.1, 0.15) is 18.2 Å². The number of rotatable bonds is 5. The Hall–Kier alpha value is -1.82. The van der Waals surface area contributed by atoms with Crippen molar-refractivity contribution < 1.29 is 18.7 Å². The van der Waals surface area contributed by atoms with Gasteiger partial charge in [-0.05, 0) is 25.2 Å². The summed E-state index contributed by atoms with van der Waals surface area (Å²) in [4.78, 5) is 10.8. The topological polar surface area (TPSA) is 59.6 Å². The van der Waals surface area contributed by atoms with Crippen LogP contribution < -0.4 is 15.4 Å². The van der Waals surface area contributed by atoms with Gasteiger partial charge in [0.15, 0.2) is 6.10 Å². The molecule has 1 aromatic carbocycles. The maximum atomic E-state index is 13.1. The van der Waals surface area contributed by atoms with Crippen molar-refractivity contribution in [2.24, 2.45) is 0 Å². The molecule has 1 atom stereocenters. The Morgan fingerprint density at radius 2 is 2.44 bits per heavy atom. The van der Waals surface area contributed by atoms with Gasteiger partial charge >= 0.3 is 6.09 Å². The van der Waals surface area contributed by atoms with Gasteiger partial charge in [0.05, 0.1) is 6.54 Å². The molecule has 1 saturated heterocycles. The number of carbonyl (C=O) groups is 1. The van der Waals surface area contributed by atoms with Crippen LogP contribution in [0.3, 0.4) is 0 Å². The Kier molecular flexibility index (Phi) is 3.99. The molecule has 1 aliphatic heterocycles. The number of nitrogens with one attached hydrogen (secondary N) is 2. The summed E-state index contributed by atoms with van der Waals surface area (Å²) in [6.45, 7) is 1.19. The summed E-state index contributed by atoms with van der Waals surface area (Å²) in [6, 6.07) is 4.34. The Morgan fingerprint density at radius 1 is 1.61 bits per heavy atom. The van der Waals surface area contributed by atoms with E-state index < -0.39 is 6.09 Å². The van der Waals surface area contributed by atoms with Crippen molar-refractivity contribution in [3.05, 3.63) is 29.6 Å². The lowest BCUT2D eigenvalue weighted by Crippen LogP contribution is -2.22. The molecule has 1 fully saturated rings. The molecule has 0 aromatic heterocycles. The fraction of sp³-hybridized carbons (Fsp3) is 0.417. The molecule has 18 heavy (non-hydrogen) atoms. The standard InChI is InChI=1S/C12H15FN2O3/c1-14-5-8-4-9(13)2-3-11(8)17-7-10-6-15-12(16)18-10/h2-4,10,14H,5-7H2,1H3,(H,15,16). The van der Waals surface area contributed by atoms with E-state index in [1.165, 1.54) is 12.1 Å². The predicted molar refractivity (Wildman–Crippen MR) is 62.9 cm³/mol. The van der Waals surface area contributed by atoms with E-state index in [1.807, 2.05) is 0 Å². The predicted octanol–water partition coefficient (Wildman–Crippen LogP) is 1.03. The Balaban J connectivity index is 1.97. The van der Waals surface area contributed by atoms with Crippen molar-refractivity contribution in [2.75, 3.05) is 20.2 Å². The van der Waals surface area contributed by atoms with Crippen molar-refractivity contribution in [1.82, 2.24) is 10.6 Å². The SMILES string of the molecule is CNCc1cc(F)ccc1OCC1CNC(=O)O1. The maximum Gasteiger partial charge on any atom is 0.407 e. The number of hydrogen-bond donors (Lipinski definition) is 2. The molecule has 2 N–H and O–H groups in total. The summed E-state index contributed by atoms with van der Waals surface area (Å²) >= 11 is 0. The second kappa shape index (κ2) is 5.68. The minimum Gasteiger partial charge on any atom is -0.489 e. The van der Waals surface area contributed by atoms with E-state index in [1.54, 1.807) is 13.1 Å². The van der Waals surface area contributed by atoms with Crippen LogP contribution in [0, 0.1) is 5.82 Å². The zero-order valence-corrected chi connectivity index (χ0v) is 10.0. The normalized spacial score (nSPS) is 18.3. The summed E-state index contributed by atoms with van der Waals surface area (Å²) in [5, 5.41) is 5.48.